The fourth-order valence-electron chi connectivity index (χ4n) is 2.20. The molecule has 0 amide bonds. The quantitative estimate of drug-likeness (QED) is 0.863. The minimum atomic E-state index is 0.917. The van der Waals surface area contributed by atoms with Crippen LogP contribution in [0.25, 0.3) is 0 Å². The van der Waals surface area contributed by atoms with Gasteiger partial charge in [0.25, 0.3) is 0 Å². The lowest BCUT2D eigenvalue weighted by Gasteiger charge is -2.16. The summed E-state index contributed by atoms with van der Waals surface area (Å²) in [5.41, 5.74) is 3.91. The van der Waals surface area contributed by atoms with Crippen LogP contribution in [0.2, 0.25) is 0 Å². The topological polar surface area (TPSA) is 28.4 Å². The summed E-state index contributed by atoms with van der Waals surface area (Å²) >= 11 is 0. The minimum absolute atomic E-state index is 0.917. The Labute approximate surface area is 115 Å². The van der Waals surface area contributed by atoms with Gasteiger partial charge in [-0.2, -0.15) is 0 Å². The predicted octanol–water partition coefficient (Wildman–Crippen LogP) is 2.94. The Bertz CT molecular complexity index is 502. The number of nitrogens with zero attached hydrogens (tertiary/aromatic N) is 1. The van der Waals surface area contributed by atoms with Crippen molar-refractivity contribution in [2.24, 2.45) is 0 Å². The average Bonchev–Trinajstić information content (AvgIpc) is 2.78. The highest BCUT2D eigenvalue weighted by Gasteiger charge is 2.06. The number of hydrogen-bond donors (Lipinski definition) is 1. The highest BCUT2D eigenvalue weighted by Crippen LogP contribution is 2.13. The maximum atomic E-state index is 5.32. The van der Waals surface area contributed by atoms with Gasteiger partial charge in [0.15, 0.2) is 0 Å². The molecule has 2 rings (SSSR count). The van der Waals surface area contributed by atoms with Gasteiger partial charge >= 0.3 is 0 Å². The van der Waals surface area contributed by atoms with E-state index >= 15 is 0 Å². The number of rotatable bonds is 6. The summed E-state index contributed by atoms with van der Waals surface area (Å²) in [6.45, 7) is 4.80. The van der Waals surface area contributed by atoms with E-state index in [-0.39, 0.29) is 0 Å². The van der Waals surface area contributed by atoms with Gasteiger partial charge < -0.3 is 9.73 Å². The van der Waals surface area contributed by atoms with Crippen LogP contribution in [0.1, 0.15) is 22.5 Å². The van der Waals surface area contributed by atoms with Crippen molar-refractivity contribution in [1.82, 2.24) is 10.2 Å². The Balaban J connectivity index is 1.91. The highest BCUT2D eigenvalue weighted by molar-refractivity contribution is 5.22. The number of nitrogens with one attached hydrogen (secondary N) is 1. The van der Waals surface area contributed by atoms with Gasteiger partial charge in [-0.3, -0.25) is 4.90 Å². The largest absolute Gasteiger partial charge is 0.469 e. The molecule has 1 aromatic carbocycles. The van der Waals surface area contributed by atoms with Crippen LogP contribution in [0.15, 0.2) is 41.0 Å². The van der Waals surface area contributed by atoms with E-state index < -0.39 is 0 Å². The molecule has 1 heterocycles. The lowest BCUT2D eigenvalue weighted by atomic mass is 10.1. The van der Waals surface area contributed by atoms with Crippen molar-refractivity contribution in [1.29, 1.82) is 0 Å². The molecule has 3 nitrogen and oxygen atoms in total. The standard InChI is InChI=1S/C16H22N2O/c1-13-16(8-9-19-13)12-18(3)11-15-6-4-14(5-7-15)10-17-2/h4-9,17H,10-12H2,1-3H3. The summed E-state index contributed by atoms with van der Waals surface area (Å²) < 4.78 is 5.32. The van der Waals surface area contributed by atoms with E-state index in [9.17, 15) is 0 Å². The molecule has 0 atom stereocenters. The number of hydrogen-bond acceptors (Lipinski definition) is 3. The molecule has 0 unspecified atom stereocenters. The lowest BCUT2D eigenvalue weighted by Crippen LogP contribution is -2.17. The summed E-state index contributed by atoms with van der Waals surface area (Å²) in [4.78, 5) is 2.30. The summed E-state index contributed by atoms with van der Waals surface area (Å²) in [6, 6.07) is 10.8. The molecule has 0 fully saturated rings. The van der Waals surface area contributed by atoms with E-state index in [0.29, 0.717) is 0 Å². The van der Waals surface area contributed by atoms with Gasteiger partial charge in [-0.05, 0) is 38.2 Å². The Hall–Kier alpha value is -1.58. The molecule has 0 aliphatic heterocycles. The predicted molar refractivity (Wildman–Crippen MR) is 77.8 cm³/mol. The van der Waals surface area contributed by atoms with Crippen molar-refractivity contribution < 1.29 is 4.42 Å². The zero-order chi connectivity index (χ0) is 13.7. The molecule has 0 bridgehead atoms. The zero-order valence-corrected chi connectivity index (χ0v) is 11.9. The van der Waals surface area contributed by atoms with Crippen LogP contribution in [-0.4, -0.2) is 19.0 Å². The fraction of sp³-hybridized carbons (Fsp3) is 0.375. The molecule has 0 spiro atoms. The van der Waals surface area contributed by atoms with Crippen LogP contribution < -0.4 is 5.32 Å². The Kier molecular flexibility index (Phi) is 4.77. The summed E-state index contributed by atoms with van der Waals surface area (Å²) in [6.07, 6.45) is 1.76. The third kappa shape index (κ3) is 3.94. The van der Waals surface area contributed by atoms with Crippen LogP contribution in [-0.2, 0) is 19.6 Å². The summed E-state index contributed by atoms with van der Waals surface area (Å²) in [5.74, 6) is 1.01. The van der Waals surface area contributed by atoms with Gasteiger partial charge in [0.1, 0.15) is 5.76 Å². The molecule has 3 heteroatoms. The van der Waals surface area contributed by atoms with E-state index in [1.54, 1.807) is 6.26 Å². The molecule has 2 aromatic rings. The second-order valence-electron chi connectivity index (χ2n) is 5.02. The van der Waals surface area contributed by atoms with Gasteiger partial charge in [0, 0.05) is 25.2 Å². The number of aryl methyl sites for hydroxylation is 1. The van der Waals surface area contributed by atoms with Gasteiger partial charge in [-0.15, -0.1) is 0 Å². The summed E-state index contributed by atoms with van der Waals surface area (Å²) in [5, 5.41) is 3.16. The van der Waals surface area contributed by atoms with Gasteiger partial charge in [0.05, 0.1) is 6.26 Å². The third-order valence-corrected chi connectivity index (χ3v) is 3.26. The fourth-order valence-corrected chi connectivity index (χ4v) is 2.20. The maximum Gasteiger partial charge on any atom is 0.105 e. The van der Waals surface area contributed by atoms with E-state index in [0.717, 1.165) is 25.4 Å². The molecule has 0 radical (unpaired) electrons. The molecule has 1 aromatic heterocycles. The lowest BCUT2D eigenvalue weighted by molar-refractivity contribution is 0.316. The van der Waals surface area contributed by atoms with Crippen LogP contribution in [0.5, 0.6) is 0 Å². The van der Waals surface area contributed by atoms with Crippen molar-refractivity contribution in [3.05, 3.63) is 59.0 Å². The van der Waals surface area contributed by atoms with Gasteiger partial charge in [-0.25, -0.2) is 0 Å². The van der Waals surface area contributed by atoms with Crippen molar-refractivity contribution >= 4 is 0 Å². The first-order valence-corrected chi connectivity index (χ1v) is 6.63. The zero-order valence-electron chi connectivity index (χ0n) is 11.9. The van der Waals surface area contributed by atoms with Crippen LogP contribution in [0.4, 0.5) is 0 Å². The molecule has 1 N–H and O–H groups in total. The molecule has 0 aliphatic carbocycles. The smallest absolute Gasteiger partial charge is 0.105 e. The normalized spacial score (nSPS) is 11.2. The Morgan fingerprint density at radius 3 is 2.32 bits per heavy atom. The second-order valence-corrected chi connectivity index (χ2v) is 5.02. The van der Waals surface area contributed by atoms with Crippen LogP contribution >= 0.6 is 0 Å². The Morgan fingerprint density at radius 2 is 1.74 bits per heavy atom. The van der Waals surface area contributed by atoms with E-state index in [1.807, 2.05) is 20.0 Å². The van der Waals surface area contributed by atoms with E-state index in [4.69, 9.17) is 4.42 Å². The van der Waals surface area contributed by atoms with Crippen molar-refractivity contribution in [2.45, 2.75) is 26.6 Å². The molecule has 0 saturated carbocycles. The first-order chi connectivity index (χ1) is 9.19. The maximum absolute atomic E-state index is 5.32. The highest BCUT2D eigenvalue weighted by atomic mass is 16.3. The second kappa shape index (κ2) is 6.55. The van der Waals surface area contributed by atoms with Crippen LogP contribution in [0.3, 0.4) is 0 Å². The molecular weight excluding hydrogens is 236 g/mol. The first-order valence-electron chi connectivity index (χ1n) is 6.63. The number of furan rings is 1. The molecule has 0 saturated heterocycles. The average molecular weight is 258 g/mol. The van der Waals surface area contributed by atoms with Gasteiger partial charge in [0.2, 0.25) is 0 Å². The van der Waals surface area contributed by atoms with Crippen molar-refractivity contribution in [3.8, 4) is 0 Å². The molecule has 102 valence electrons. The molecular formula is C16H22N2O. The third-order valence-electron chi connectivity index (χ3n) is 3.26. The minimum Gasteiger partial charge on any atom is -0.469 e. The number of benzene rings is 1. The van der Waals surface area contributed by atoms with E-state index in [2.05, 4.69) is 41.5 Å². The molecule has 0 aliphatic rings. The van der Waals surface area contributed by atoms with Crippen molar-refractivity contribution in [2.75, 3.05) is 14.1 Å². The Morgan fingerprint density at radius 1 is 1.05 bits per heavy atom. The molecule has 19 heavy (non-hydrogen) atoms. The van der Waals surface area contributed by atoms with Crippen LogP contribution in [0, 0.1) is 6.92 Å². The van der Waals surface area contributed by atoms with Crippen molar-refractivity contribution in [3.63, 3.8) is 0 Å². The van der Waals surface area contributed by atoms with E-state index in [1.165, 1.54) is 16.7 Å². The monoisotopic (exact) mass is 258 g/mol. The SMILES string of the molecule is CNCc1ccc(CN(C)Cc2ccoc2C)cc1. The first kappa shape index (κ1) is 13.8. The summed E-state index contributed by atoms with van der Waals surface area (Å²) in [7, 11) is 4.10. The van der Waals surface area contributed by atoms with Gasteiger partial charge in [-0.1, -0.05) is 24.3 Å².